The van der Waals surface area contributed by atoms with Crippen LogP contribution in [0.4, 0.5) is 0 Å². The van der Waals surface area contributed by atoms with Crippen molar-refractivity contribution in [1.29, 1.82) is 0 Å². The molecule has 0 aliphatic heterocycles. The fraction of sp³-hybridized carbons (Fsp3) is 0.0417. The second-order valence-corrected chi connectivity index (χ2v) is 7.00. The normalized spacial score (nSPS) is 11.2. The fourth-order valence-electron chi connectivity index (χ4n) is 2.91. The van der Waals surface area contributed by atoms with E-state index in [1.807, 2.05) is 66.7 Å². The van der Waals surface area contributed by atoms with Gasteiger partial charge in [0.05, 0.1) is 5.69 Å². The lowest BCUT2D eigenvalue weighted by atomic mass is 10.1. The Morgan fingerprint density at radius 3 is 2.48 bits per heavy atom. The van der Waals surface area contributed by atoms with E-state index < -0.39 is 0 Å². The van der Waals surface area contributed by atoms with Crippen molar-refractivity contribution in [2.24, 2.45) is 0 Å². The van der Waals surface area contributed by atoms with Crippen LogP contribution in [0, 0.1) is 0 Å². The van der Waals surface area contributed by atoms with Crippen molar-refractivity contribution in [3.05, 3.63) is 94.6 Å². The molecule has 1 aromatic heterocycles. The molecule has 29 heavy (non-hydrogen) atoms. The molecule has 3 aromatic carbocycles. The lowest BCUT2D eigenvalue weighted by Crippen LogP contribution is -1.97. The molecule has 0 radical (unpaired) electrons. The van der Waals surface area contributed by atoms with Crippen molar-refractivity contribution in [1.82, 2.24) is 4.98 Å². The highest BCUT2D eigenvalue weighted by Crippen LogP contribution is 2.27. The molecule has 4 nitrogen and oxygen atoms in total. The molecule has 4 aromatic rings. The van der Waals surface area contributed by atoms with Crippen LogP contribution in [0.15, 0.2) is 72.8 Å². The number of fused-ring (bicyclic) bond motifs is 1. The number of aromatic nitrogens is 1. The lowest BCUT2D eigenvalue weighted by Gasteiger charge is -2.09. The van der Waals surface area contributed by atoms with Crippen LogP contribution in [0.1, 0.15) is 16.8 Å². The van der Waals surface area contributed by atoms with Crippen LogP contribution in [0.5, 0.6) is 17.2 Å². The van der Waals surface area contributed by atoms with Crippen LogP contribution >= 0.6 is 11.6 Å². The van der Waals surface area contributed by atoms with E-state index in [9.17, 15) is 10.2 Å². The third-order valence-corrected chi connectivity index (χ3v) is 4.71. The van der Waals surface area contributed by atoms with Crippen LogP contribution in [-0.2, 0) is 6.61 Å². The maximum Gasteiger partial charge on any atom is 0.157 e. The molecule has 5 heteroatoms. The van der Waals surface area contributed by atoms with E-state index in [0.29, 0.717) is 17.4 Å². The number of pyridine rings is 1. The van der Waals surface area contributed by atoms with Gasteiger partial charge < -0.3 is 14.9 Å². The first-order valence-corrected chi connectivity index (χ1v) is 9.43. The van der Waals surface area contributed by atoms with Crippen LogP contribution < -0.4 is 4.74 Å². The van der Waals surface area contributed by atoms with Crippen molar-refractivity contribution < 1.29 is 14.9 Å². The molecule has 0 aliphatic rings. The number of benzene rings is 3. The van der Waals surface area contributed by atoms with Gasteiger partial charge in [-0.15, -0.1) is 0 Å². The molecule has 0 bridgehead atoms. The Labute approximate surface area is 173 Å². The number of rotatable bonds is 5. The van der Waals surface area contributed by atoms with E-state index >= 15 is 0 Å². The Kier molecular flexibility index (Phi) is 5.36. The number of hydrogen-bond donors (Lipinski definition) is 2. The maximum absolute atomic E-state index is 9.62. The van der Waals surface area contributed by atoms with E-state index in [-0.39, 0.29) is 11.5 Å². The zero-order valence-corrected chi connectivity index (χ0v) is 16.2. The molecule has 1 heterocycles. The summed E-state index contributed by atoms with van der Waals surface area (Å²) in [4.78, 5) is 4.71. The molecule has 0 fully saturated rings. The summed E-state index contributed by atoms with van der Waals surface area (Å²) in [5.41, 5.74) is 3.31. The molecule has 0 saturated carbocycles. The van der Waals surface area contributed by atoms with Crippen LogP contribution in [0.2, 0.25) is 5.02 Å². The second-order valence-electron chi connectivity index (χ2n) is 6.56. The van der Waals surface area contributed by atoms with Crippen molar-refractivity contribution in [2.75, 3.05) is 0 Å². The molecule has 0 amide bonds. The average Bonchev–Trinajstić information content (AvgIpc) is 2.74. The van der Waals surface area contributed by atoms with Gasteiger partial charge in [0.15, 0.2) is 11.5 Å². The molecule has 2 N–H and O–H groups in total. The Morgan fingerprint density at radius 1 is 0.862 bits per heavy atom. The van der Waals surface area contributed by atoms with Gasteiger partial charge in [0.25, 0.3) is 0 Å². The predicted molar refractivity (Wildman–Crippen MR) is 116 cm³/mol. The van der Waals surface area contributed by atoms with Crippen LogP contribution in [0.3, 0.4) is 0 Å². The molecule has 0 spiro atoms. The minimum atomic E-state index is -0.156. The quantitative estimate of drug-likeness (QED) is 0.398. The molecule has 144 valence electrons. The van der Waals surface area contributed by atoms with Gasteiger partial charge in [-0.1, -0.05) is 54.1 Å². The zero-order chi connectivity index (χ0) is 20.2. The molecule has 0 saturated heterocycles. The second kappa shape index (κ2) is 8.25. The Bertz CT molecular complexity index is 1190. The Morgan fingerprint density at radius 2 is 1.69 bits per heavy atom. The SMILES string of the molecule is Oc1ccc(/C=C/c2ccc3cccc(OCc4ccc(Cl)cc4)c3n2)cc1O. The molecule has 0 aliphatic carbocycles. The van der Waals surface area contributed by atoms with E-state index in [0.717, 1.165) is 27.7 Å². The summed E-state index contributed by atoms with van der Waals surface area (Å²) in [6, 6.07) is 21.9. The van der Waals surface area contributed by atoms with Crippen LogP contribution in [-0.4, -0.2) is 15.2 Å². The number of phenols is 2. The van der Waals surface area contributed by atoms with Gasteiger partial charge >= 0.3 is 0 Å². The van der Waals surface area contributed by atoms with Gasteiger partial charge in [-0.05, 0) is 53.6 Å². The summed E-state index contributed by atoms with van der Waals surface area (Å²) < 4.78 is 6.00. The standard InChI is InChI=1S/C24H18ClNO3/c25-19-9-4-17(5-10-19)15-29-23-3-1-2-18-8-12-20(26-24(18)23)11-6-16-7-13-21(27)22(28)14-16/h1-14,27-28H,15H2/b11-6+. The van der Waals surface area contributed by atoms with Gasteiger partial charge in [-0.3, -0.25) is 0 Å². The highest BCUT2D eigenvalue weighted by molar-refractivity contribution is 6.30. The van der Waals surface area contributed by atoms with Gasteiger partial charge in [0.1, 0.15) is 17.9 Å². The molecule has 4 rings (SSSR count). The average molecular weight is 404 g/mol. The first-order chi connectivity index (χ1) is 14.1. The number of ether oxygens (including phenoxy) is 1. The predicted octanol–water partition coefficient (Wildman–Crippen LogP) is 6.05. The third kappa shape index (κ3) is 4.50. The summed E-state index contributed by atoms with van der Waals surface area (Å²) in [6.45, 7) is 0.421. The summed E-state index contributed by atoms with van der Waals surface area (Å²) in [5.74, 6) is 0.403. The first kappa shape index (κ1) is 18.8. The Hall–Kier alpha value is -3.50. The third-order valence-electron chi connectivity index (χ3n) is 4.46. The molecule has 0 unspecified atom stereocenters. The first-order valence-electron chi connectivity index (χ1n) is 9.05. The lowest BCUT2D eigenvalue weighted by molar-refractivity contribution is 0.309. The maximum atomic E-state index is 9.62. The van der Waals surface area contributed by atoms with E-state index in [4.69, 9.17) is 21.3 Å². The molecular formula is C24H18ClNO3. The Balaban J connectivity index is 1.58. The number of halogens is 1. The number of aromatic hydroxyl groups is 2. The van der Waals surface area contributed by atoms with E-state index in [2.05, 4.69) is 0 Å². The van der Waals surface area contributed by atoms with Crippen molar-refractivity contribution in [3.8, 4) is 17.2 Å². The van der Waals surface area contributed by atoms with Crippen molar-refractivity contribution in [2.45, 2.75) is 6.61 Å². The van der Waals surface area contributed by atoms with Gasteiger partial charge in [-0.2, -0.15) is 0 Å². The highest BCUT2D eigenvalue weighted by Gasteiger charge is 2.05. The highest BCUT2D eigenvalue weighted by atomic mass is 35.5. The molecule has 0 atom stereocenters. The summed E-state index contributed by atoms with van der Waals surface area (Å²) in [7, 11) is 0. The van der Waals surface area contributed by atoms with Gasteiger partial charge in [0.2, 0.25) is 0 Å². The summed E-state index contributed by atoms with van der Waals surface area (Å²) >= 11 is 5.93. The van der Waals surface area contributed by atoms with Crippen molar-refractivity contribution in [3.63, 3.8) is 0 Å². The number of hydrogen-bond acceptors (Lipinski definition) is 4. The van der Waals surface area contributed by atoms with Crippen molar-refractivity contribution >= 4 is 34.7 Å². The fourth-order valence-corrected chi connectivity index (χ4v) is 3.04. The number of phenolic OH excluding ortho intramolecular Hbond substituents is 2. The molecular weight excluding hydrogens is 386 g/mol. The van der Waals surface area contributed by atoms with E-state index in [1.54, 1.807) is 6.07 Å². The topological polar surface area (TPSA) is 62.6 Å². The largest absolute Gasteiger partial charge is 0.504 e. The number of nitrogens with zero attached hydrogens (tertiary/aromatic N) is 1. The minimum Gasteiger partial charge on any atom is -0.504 e. The van der Waals surface area contributed by atoms with Gasteiger partial charge in [0, 0.05) is 10.4 Å². The summed E-state index contributed by atoms with van der Waals surface area (Å²) in [6.07, 6.45) is 3.67. The van der Waals surface area contributed by atoms with E-state index in [1.165, 1.54) is 12.1 Å². The monoisotopic (exact) mass is 403 g/mol. The summed E-state index contributed by atoms with van der Waals surface area (Å²) in [5, 5.41) is 20.7. The van der Waals surface area contributed by atoms with Gasteiger partial charge in [-0.25, -0.2) is 4.98 Å². The minimum absolute atomic E-state index is 0.145. The zero-order valence-electron chi connectivity index (χ0n) is 15.4. The number of para-hydroxylation sites is 1. The smallest absolute Gasteiger partial charge is 0.157 e. The van der Waals surface area contributed by atoms with Crippen LogP contribution in [0.25, 0.3) is 23.1 Å².